The molecule has 0 N–H and O–H groups in total. The zero-order valence-electron chi connectivity index (χ0n) is 5.85. The predicted molar refractivity (Wildman–Crippen MR) is 53.4 cm³/mol. The van der Waals surface area contributed by atoms with Crippen molar-refractivity contribution in [1.29, 1.82) is 0 Å². The van der Waals surface area contributed by atoms with E-state index in [-0.39, 0.29) is 24.8 Å². The van der Waals surface area contributed by atoms with Crippen LogP contribution in [0.2, 0.25) is 0 Å². The van der Waals surface area contributed by atoms with Gasteiger partial charge in [0.2, 0.25) is 0 Å². The van der Waals surface area contributed by atoms with Gasteiger partial charge in [0, 0.05) is 24.8 Å². The van der Waals surface area contributed by atoms with E-state index in [1.165, 1.54) is 0 Å². The Morgan fingerprint density at radius 1 is 1.00 bits per heavy atom. The number of nitrogens with zero attached hydrogens (tertiary/aromatic N) is 1. The van der Waals surface area contributed by atoms with E-state index >= 15 is 0 Å². The molecule has 0 radical (unpaired) electrons. The Morgan fingerprint density at radius 2 is 1.30 bits per heavy atom. The lowest BCUT2D eigenvalue weighted by atomic mass is 10.6. The number of hydrogen-bond acceptors (Lipinski definition) is 1. The van der Waals surface area contributed by atoms with E-state index < -0.39 is 0 Å². The van der Waals surface area contributed by atoms with Crippen LogP contribution in [-0.4, -0.2) is 36.8 Å². The van der Waals surface area contributed by atoms with Gasteiger partial charge in [-0.1, -0.05) is 0 Å². The Morgan fingerprint density at radius 3 is 1.50 bits per heavy atom. The summed E-state index contributed by atoms with van der Waals surface area (Å²) in [6.07, 6.45) is 0. The first-order chi connectivity index (χ1) is 3.81. The van der Waals surface area contributed by atoms with Gasteiger partial charge in [-0.3, -0.25) is 0 Å². The van der Waals surface area contributed by atoms with Gasteiger partial charge in [-0.2, -0.15) is 0 Å². The zero-order chi connectivity index (χ0) is 6.41. The van der Waals surface area contributed by atoms with Gasteiger partial charge >= 0.3 is 0 Å². The molecule has 66 valence electrons. The molecule has 0 unspecified atom stereocenters. The molecule has 0 aliphatic carbocycles. The minimum absolute atomic E-state index is 0. The van der Waals surface area contributed by atoms with Gasteiger partial charge in [-0.15, -0.1) is 48.0 Å². The number of rotatable bonds is 4. The lowest BCUT2D eigenvalue weighted by Crippen LogP contribution is -2.22. The monoisotopic (exact) mass is 227 g/mol. The van der Waals surface area contributed by atoms with Gasteiger partial charge in [0.05, 0.1) is 0 Å². The van der Waals surface area contributed by atoms with E-state index in [9.17, 15) is 0 Å². The van der Waals surface area contributed by atoms with Crippen LogP contribution in [0.5, 0.6) is 0 Å². The van der Waals surface area contributed by atoms with Gasteiger partial charge in [0.1, 0.15) is 0 Å². The SMILES string of the molecule is CN(CCCl)CCCl.Cl.Cl. The summed E-state index contributed by atoms with van der Waals surface area (Å²) in [5.41, 5.74) is 0. The highest BCUT2D eigenvalue weighted by molar-refractivity contribution is 6.18. The normalized spacial score (nSPS) is 8.40. The lowest BCUT2D eigenvalue weighted by molar-refractivity contribution is 0.378. The number of alkyl halides is 2. The van der Waals surface area contributed by atoms with Crippen molar-refractivity contribution >= 4 is 48.0 Å². The summed E-state index contributed by atoms with van der Waals surface area (Å²) < 4.78 is 0. The van der Waals surface area contributed by atoms with Gasteiger partial charge in [0.15, 0.2) is 0 Å². The molecule has 10 heavy (non-hydrogen) atoms. The third-order valence-electron chi connectivity index (χ3n) is 0.932. The predicted octanol–water partition coefficient (Wildman–Crippen LogP) is 2.24. The molecule has 0 atom stereocenters. The van der Waals surface area contributed by atoms with Gasteiger partial charge < -0.3 is 4.90 Å². The second-order valence-corrected chi connectivity index (χ2v) is 2.44. The average Bonchev–Trinajstić information content (AvgIpc) is 1.68. The molecule has 0 heterocycles. The minimum Gasteiger partial charge on any atom is -0.304 e. The molecule has 5 heteroatoms. The largest absolute Gasteiger partial charge is 0.304 e. The van der Waals surface area contributed by atoms with Crippen LogP contribution < -0.4 is 0 Å². The Bertz CT molecular complexity index is 46.9. The second kappa shape index (κ2) is 12.8. The molecule has 0 saturated heterocycles. The van der Waals surface area contributed by atoms with E-state index in [4.69, 9.17) is 23.2 Å². The summed E-state index contributed by atoms with van der Waals surface area (Å²) in [6, 6.07) is 0. The highest BCUT2D eigenvalue weighted by Crippen LogP contribution is 1.85. The van der Waals surface area contributed by atoms with Crippen molar-refractivity contribution in [2.75, 3.05) is 31.9 Å². The molecule has 0 amide bonds. The van der Waals surface area contributed by atoms with Crippen molar-refractivity contribution in [3.05, 3.63) is 0 Å². The van der Waals surface area contributed by atoms with Gasteiger partial charge in [0.25, 0.3) is 0 Å². The third-order valence-corrected chi connectivity index (χ3v) is 1.27. The van der Waals surface area contributed by atoms with Gasteiger partial charge in [-0.05, 0) is 7.05 Å². The highest BCUT2D eigenvalue weighted by Gasteiger charge is 1.92. The molecule has 0 bridgehead atoms. The number of hydrogen-bond donors (Lipinski definition) is 0. The van der Waals surface area contributed by atoms with E-state index in [1.807, 2.05) is 7.05 Å². The molecule has 0 aliphatic rings. The smallest absolute Gasteiger partial charge is 0.0351 e. The topological polar surface area (TPSA) is 3.24 Å². The van der Waals surface area contributed by atoms with Crippen LogP contribution in [0.3, 0.4) is 0 Å². The maximum absolute atomic E-state index is 5.45. The molecule has 0 spiro atoms. The lowest BCUT2D eigenvalue weighted by Gasteiger charge is -2.11. The molecule has 0 saturated carbocycles. The van der Waals surface area contributed by atoms with Crippen molar-refractivity contribution in [2.45, 2.75) is 0 Å². The van der Waals surface area contributed by atoms with Crippen LogP contribution >= 0.6 is 48.0 Å². The standard InChI is InChI=1S/C5H11Cl2N.2ClH/c1-8(4-2-6)5-3-7;;/h2-5H2,1H3;2*1H. The van der Waals surface area contributed by atoms with E-state index in [1.54, 1.807) is 0 Å². The van der Waals surface area contributed by atoms with Crippen LogP contribution in [0.15, 0.2) is 0 Å². The third kappa shape index (κ3) is 11.9. The summed E-state index contributed by atoms with van der Waals surface area (Å²) in [6.45, 7) is 1.85. The Balaban J connectivity index is -0.000000245. The van der Waals surface area contributed by atoms with Crippen molar-refractivity contribution in [2.24, 2.45) is 0 Å². The first kappa shape index (κ1) is 17.3. The van der Waals surface area contributed by atoms with Crippen LogP contribution in [0.4, 0.5) is 0 Å². The van der Waals surface area contributed by atoms with Crippen molar-refractivity contribution < 1.29 is 0 Å². The van der Waals surface area contributed by atoms with Crippen LogP contribution in [0.1, 0.15) is 0 Å². The molecule has 0 aliphatic heterocycles. The maximum Gasteiger partial charge on any atom is 0.0351 e. The Kier molecular flexibility index (Phi) is 22.1. The van der Waals surface area contributed by atoms with E-state index in [0.29, 0.717) is 11.8 Å². The van der Waals surface area contributed by atoms with Gasteiger partial charge in [-0.25, -0.2) is 0 Å². The Hall–Kier alpha value is 1.12. The van der Waals surface area contributed by atoms with Crippen LogP contribution in [-0.2, 0) is 0 Å². The number of halogens is 4. The molecule has 0 aromatic rings. The van der Waals surface area contributed by atoms with E-state index in [0.717, 1.165) is 13.1 Å². The molecule has 0 aromatic carbocycles. The fourth-order valence-electron chi connectivity index (χ4n) is 0.400. The highest BCUT2D eigenvalue weighted by atomic mass is 35.5. The summed E-state index contributed by atoms with van der Waals surface area (Å²) in [5, 5.41) is 0. The van der Waals surface area contributed by atoms with Crippen molar-refractivity contribution in [3.8, 4) is 0 Å². The average molecular weight is 229 g/mol. The Labute approximate surface area is 84.9 Å². The summed E-state index contributed by atoms with van der Waals surface area (Å²) in [5.74, 6) is 1.38. The molecular formula is C5H13Cl4N. The van der Waals surface area contributed by atoms with Crippen LogP contribution in [0.25, 0.3) is 0 Å². The summed E-state index contributed by atoms with van der Waals surface area (Å²) in [7, 11) is 2.00. The van der Waals surface area contributed by atoms with Crippen molar-refractivity contribution in [3.63, 3.8) is 0 Å². The van der Waals surface area contributed by atoms with Crippen LogP contribution in [0, 0.1) is 0 Å². The summed E-state index contributed by atoms with van der Waals surface area (Å²) >= 11 is 10.9. The second-order valence-electron chi connectivity index (χ2n) is 1.68. The fraction of sp³-hybridized carbons (Fsp3) is 1.00. The van der Waals surface area contributed by atoms with Crippen molar-refractivity contribution in [1.82, 2.24) is 4.90 Å². The molecule has 0 rings (SSSR count). The summed E-state index contributed by atoms with van der Waals surface area (Å²) in [4.78, 5) is 2.10. The molecule has 0 fully saturated rings. The fourth-order valence-corrected chi connectivity index (χ4v) is 0.977. The quantitative estimate of drug-likeness (QED) is 0.668. The molecular weight excluding hydrogens is 216 g/mol. The first-order valence-electron chi connectivity index (χ1n) is 2.61. The minimum atomic E-state index is 0. The molecule has 1 nitrogen and oxygen atoms in total. The maximum atomic E-state index is 5.45. The molecule has 0 aromatic heterocycles. The van der Waals surface area contributed by atoms with E-state index in [2.05, 4.69) is 4.90 Å². The zero-order valence-corrected chi connectivity index (χ0v) is 8.99. The first-order valence-corrected chi connectivity index (χ1v) is 3.68.